The molecule has 4 N–H and O–H groups in total. The Labute approximate surface area is 120 Å². The average Bonchev–Trinajstić information content (AvgIpc) is 3.07. The third kappa shape index (κ3) is 2.47. The summed E-state index contributed by atoms with van der Waals surface area (Å²) in [5.74, 6) is 2.52. The van der Waals surface area contributed by atoms with Crippen LogP contribution in [0.15, 0.2) is 18.2 Å². The molecular formula is C16H23N3O. The van der Waals surface area contributed by atoms with Gasteiger partial charge in [0.05, 0.1) is 5.56 Å². The Morgan fingerprint density at radius 1 is 1.35 bits per heavy atom. The molecular weight excluding hydrogens is 250 g/mol. The van der Waals surface area contributed by atoms with Crippen LogP contribution in [-0.4, -0.2) is 19.5 Å². The van der Waals surface area contributed by atoms with E-state index >= 15 is 0 Å². The van der Waals surface area contributed by atoms with Crippen molar-refractivity contribution < 1.29 is 4.79 Å². The second-order valence-electron chi connectivity index (χ2n) is 6.20. The lowest BCUT2D eigenvalue weighted by atomic mass is 9.89. The van der Waals surface area contributed by atoms with Crippen molar-refractivity contribution in [1.82, 2.24) is 5.32 Å². The summed E-state index contributed by atoms with van der Waals surface area (Å²) in [5.41, 5.74) is 8.05. The van der Waals surface area contributed by atoms with Crippen LogP contribution < -0.4 is 16.4 Å². The maximum atomic E-state index is 11.9. The quantitative estimate of drug-likeness (QED) is 0.738. The summed E-state index contributed by atoms with van der Waals surface area (Å²) in [6, 6.07) is 5.42. The summed E-state index contributed by atoms with van der Waals surface area (Å²) < 4.78 is 0. The standard InChI is InChI=1S/C16H23N3O/c1-18-16(20)14-5-4-13(17)8-15(14)19-9-12-7-10-2-3-11(12)6-10/h4-5,8,10-12,19H,2-3,6-7,9,17H2,1H3,(H,18,20). The molecule has 2 aliphatic carbocycles. The monoisotopic (exact) mass is 273 g/mol. The fourth-order valence-corrected chi connectivity index (χ4v) is 3.91. The molecule has 0 spiro atoms. The summed E-state index contributed by atoms with van der Waals surface area (Å²) in [6.07, 6.45) is 5.56. The zero-order chi connectivity index (χ0) is 14.1. The van der Waals surface area contributed by atoms with Gasteiger partial charge in [-0.05, 0) is 55.2 Å². The van der Waals surface area contributed by atoms with Gasteiger partial charge in [0.15, 0.2) is 0 Å². The zero-order valence-corrected chi connectivity index (χ0v) is 12.0. The van der Waals surface area contributed by atoms with Gasteiger partial charge in [-0.2, -0.15) is 0 Å². The van der Waals surface area contributed by atoms with Gasteiger partial charge in [0.1, 0.15) is 0 Å². The van der Waals surface area contributed by atoms with Crippen LogP contribution in [0.5, 0.6) is 0 Å². The predicted molar refractivity (Wildman–Crippen MR) is 81.7 cm³/mol. The van der Waals surface area contributed by atoms with Gasteiger partial charge in [-0.1, -0.05) is 6.42 Å². The molecule has 0 heterocycles. The lowest BCUT2D eigenvalue weighted by Crippen LogP contribution is -2.23. The Bertz CT molecular complexity index is 514. The summed E-state index contributed by atoms with van der Waals surface area (Å²) in [6.45, 7) is 0.953. The number of nitrogens with two attached hydrogens (primary N) is 1. The summed E-state index contributed by atoms with van der Waals surface area (Å²) in [7, 11) is 1.65. The molecule has 3 unspecified atom stereocenters. The molecule has 2 aliphatic rings. The van der Waals surface area contributed by atoms with E-state index in [0.717, 1.165) is 30.0 Å². The average molecular weight is 273 g/mol. The van der Waals surface area contributed by atoms with Crippen molar-refractivity contribution >= 4 is 17.3 Å². The van der Waals surface area contributed by atoms with Crippen molar-refractivity contribution in [2.45, 2.75) is 25.7 Å². The van der Waals surface area contributed by atoms with E-state index in [-0.39, 0.29) is 5.91 Å². The molecule has 1 amide bonds. The molecule has 0 aromatic heterocycles. The fraction of sp³-hybridized carbons (Fsp3) is 0.562. The van der Waals surface area contributed by atoms with E-state index in [1.165, 1.54) is 25.7 Å². The van der Waals surface area contributed by atoms with Crippen molar-refractivity contribution in [2.24, 2.45) is 17.8 Å². The van der Waals surface area contributed by atoms with E-state index in [4.69, 9.17) is 5.73 Å². The summed E-state index contributed by atoms with van der Waals surface area (Å²) >= 11 is 0. The first-order chi connectivity index (χ1) is 9.67. The first-order valence-corrected chi connectivity index (χ1v) is 7.53. The molecule has 2 saturated carbocycles. The molecule has 4 nitrogen and oxygen atoms in total. The molecule has 108 valence electrons. The van der Waals surface area contributed by atoms with Gasteiger partial charge in [0, 0.05) is 25.0 Å². The van der Waals surface area contributed by atoms with Crippen molar-refractivity contribution in [3.63, 3.8) is 0 Å². The molecule has 2 bridgehead atoms. The molecule has 2 fully saturated rings. The number of hydrogen-bond acceptors (Lipinski definition) is 3. The lowest BCUT2D eigenvalue weighted by molar-refractivity contribution is 0.0964. The van der Waals surface area contributed by atoms with E-state index in [0.29, 0.717) is 11.3 Å². The van der Waals surface area contributed by atoms with Gasteiger partial charge in [-0.25, -0.2) is 0 Å². The summed E-state index contributed by atoms with van der Waals surface area (Å²) in [5, 5.41) is 6.13. The van der Waals surface area contributed by atoms with E-state index < -0.39 is 0 Å². The van der Waals surface area contributed by atoms with Crippen LogP contribution in [0.4, 0.5) is 11.4 Å². The Morgan fingerprint density at radius 2 is 2.20 bits per heavy atom. The molecule has 1 aromatic rings. The topological polar surface area (TPSA) is 67.2 Å². The number of nitrogens with one attached hydrogen (secondary N) is 2. The van der Waals surface area contributed by atoms with E-state index in [2.05, 4.69) is 10.6 Å². The fourth-order valence-electron chi connectivity index (χ4n) is 3.91. The van der Waals surface area contributed by atoms with Gasteiger partial charge < -0.3 is 16.4 Å². The third-order valence-corrected chi connectivity index (χ3v) is 4.95. The van der Waals surface area contributed by atoms with Gasteiger partial charge in [-0.15, -0.1) is 0 Å². The lowest BCUT2D eigenvalue weighted by Gasteiger charge is -2.23. The van der Waals surface area contributed by atoms with Crippen LogP contribution in [0.25, 0.3) is 0 Å². The van der Waals surface area contributed by atoms with Crippen LogP contribution in [0.3, 0.4) is 0 Å². The van der Waals surface area contributed by atoms with Crippen LogP contribution >= 0.6 is 0 Å². The van der Waals surface area contributed by atoms with Crippen LogP contribution in [-0.2, 0) is 0 Å². The zero-order valence-electron chi connectivity index (χ0n) is 12.0. The van der Waals surface area contributed by atoms with E-state index in [9.17, 15) is 4.79 Å². The maximum Gasteiger partial charge on any atom is 0.253 e. The number of amides is 1. The minimum atomic E-state index is -0.0690. The van der Waals surface area contributed by atoms with Crippen molar-refractivity contribution in [3.05, 3.63) is 23.8 Å². The minimum absolute atomic E-state index is 0.0690. The van der Waals surface area contributed by atoms with Gasteiger partial charge in [-0.3, -0.25) is 4.79 Å². The highest BCUT2D eigenvalue weighted by Crippen LogP contribution is 2.48. The van der Waals surface area contributed by atoms with Crippen LogP contribution in [0.2, 0.25) is 0 Å². The number of anilines is 2. The van der Waals surface area contributed by atoms with E-state index in [1.807, 2.05) is 6.07 Å². The number of rotatable bonds is 4. The summed E-state index contributed by atoms with van der Waals surface area (Å²) in [4.78, 5) is 11.9. The molecule has 0 aliphatic heterocycles. The number of nitrogen functional groups attached to an aromatic ring is 1. The van der Waals surface area contributed by atoms with Crippen LogP contribution in [0, 0.1) is 17.8 Å². The molecule has 0 radical (unpaired) electrons. The number of carbonyl (C=O) groups is 1. The molecule has 0 saturated heterocycles. The largest absolute Gasteiger partial charge is 0.399 e. The number of fused-ring (bicyclic) bond motifs is 2. The van der Waals surface area contributed by atoms with E-state index in [1.54, 1.807) is 19.2 Å². The predicted octanol–water partition coefficient (Wildman–Crippen LogP) is 2.48. The van der Waals surface area contributed by atoms with Gasteiger partial charge in [0.2, 0.25) is 0 Å². The van der Waals surface area contributed by atoms with Crippen molar-refractivity contribution in [1.29, 1.82) is 0 Å². The Balaban J connectivity index is 1.70. The Morgan fingerprint density at radius 3 is 2.85 bits per heavy atom. The number of hydrogen-bond donors (Lipinski definition) is 3. The SMILES string of the molecule is CNC(=O)c1ccc(N)cc1NCC1CC2CCC1C2. The molecule has 20 heavy (non-hydrogen) atoms. The molecule has 1 aromatic carbocycles. The second-order valence-corrected chi connectivity index (χ2v) is 6.20. The Hall–Kier alpha value is -1.71. The highest BCUT2D eigenvalue weighted by atomic mass is 16.1. The molecule has 4 heteroatoms. The third-order valence-electron chi connectivity index (χ3n) is 4.95. The van der Waals surface area contributed by atoms with Gasteiger partial charge >= 0.3 is 0 Å². The minimum Gasteiger partial charge on any atom is -0.399 e. The van der Waals surface area contributed by atoms with Crippen LogP contribution in [0.1, 0.15) is 36.0 Å². The number of benzene rings is 1. The highest BCUT2D eigenvalue weighted by molar-refractivity contribution is 6.00. The second kappa shape index (κ2) is 5.35. The molecule has 3 atom stereocenters. The molecule has 3 rings (SSSR count). The van der Waals surface area contributed by atoms with Crippen molar-refractivity contribution in [2.75, 3.05) is 24.6 Å². The highest BCUT2D eigenvalue weighted by Gasteiger charge is 2.39. The van der Waals surface area contributed by atoms with Gasteiger partial charge in [0.25, 0.3) is 5.91 Å². The first kappa shape index (κ1) is 13.3. The Kier molecular flexibility index (Phi) is 3.55. The first-order valence-electron chi connectivity index (χ1n) is 7.53. The number of carbonyl (C=O) groups excluding carboxylic acids is 1. The normalized spacial score (nSPS) is 27.6. The smallest absolute Gasteiger partial charge is 0.253 e. The maximum absolute atomic E-state index is 11.9. The van der Waals surface area contributed by atoms with Crippen molar-refractivity contribution in [3.8, 4) is 0 Å².